The molecule has 3 rings (SSSR count). The van der Waals surface area contributed by atoms with Crippen molar-refractivity contribution < 1.29 is 14.6 Å². The summed E-state index contributed by atoms with van der Waals surface area (Å²) in [7, 11) is 1.64. The summed E-state index contributed by atoms with van der Waals surface area (Å²) in [4.78, 5) is 4.39. The Labute approximate surface area is 129 Å². The average Bonchev–Trinajstić information content (AvgIpc) is 2.59. The zero-order valence-electron chi connectivity index (χ0n) is 12.3. The number of ether oxygens (including phenoxy) is 2. The van der Waals surface area contributed by atoms with E-state index in [-0.39, 0.29) is 6.61 Å². The molecule has 0 saturated heterocycles. The molecule has 0 aliphatic carbocycles. The SMILES string of the molecule is COc1ccc(COc2cc(CO)nc3ccccc23)cc1. The molecule has 0 aliphatic rings. The Morgan fingerprint density at radius 1 is 1.05 bits per heavy atom. The minimum atomic E-state index is -0.107. The fourth-order valence-electron chi connectivity index (χ4n) is 2.28. The Morgan fingerprint density at radius 2 is 1.82 bits per heavy atom. The minimum Gasteiger partial charge on any atom is -0.497 e. The van der Waals surface area contributed by atoms with Crippen molar-refractivity contribution >= 4 is 10.9 Å². The second-order valence-electron chi connectivity index (χ2n) is 4.92. The molecule has 1 N–H and O–H groups in total. The molecule has 0 unspecified atom stereocenters. The number of benzene rings is 2. The number of para-hydroxylation sites is 1. The van der Waals surface area contributed by atoms with Crippen molar-refractivity contribution in [2.75, 3.05) is 7.11 Å². The highest BCUT2D eigenvalue weighted by Gasteiger charge is 2.06. The third-order valence-corrected chi connectivity index (χ3v) is 3.45. The van der Waals surface area contributed by atoms with E-state index in [1.807, 2.05) is 48.5 Å². The van der Waals surface area contributed by atoms with Crippen LogP contribution in [-0.2, 0) is 13.2 Å². The highest BCUT2D eigenvalue weighted by molar-refractivity contribution is 5.85. The van der Waals surface area contributed by atoms with Crippen molar-refractivity contribution in [1.82, 2.24) is 4.98 Å². The van der Waals surface area contributed by atoms with Crippen molar-refractivity contribution in [1.29, 1.82) is 0 Å². The van der Waals surface area contributed by atoms with Crippen LogP contribution in [0, 0.1) is 0 Å². The highest BCUT2D eigenvalue weighted by Crippen LogP contribution is 2.26. The number of hydrogen-bond donors (Lipinski definition) is 1. The van der Waals surface area contributed by atoms with Gasteiger partial charge in [0.15, 0.2) is 0 Å². The first-order valence-electron chi connectivity index (χ1n) is 7.05. The predicted octanol–water partition coefficient (Wildman–Crippen LogP) is 3.31. The number of hydrogen-bond acceptors (Lipinski definition) is 4. The molecule has 3 aromatic rings. The second-order valence-corrected chi connectivity index (χ2v) is 4.92. The molecular formula is C18H17NO3. The van der Waals surface area contributed by atoms with Crippen molar-refractivity contribution in [3.05, 3.63) is 65.9 Å². The molecule has 0 fully saturated rings. The summed E-state index contributed by atoms with van der Waals surface area (Å²) in [6.45, 7) is 0.340. The maximum atomic E-state index is 9.33. The second kappa shape index (κ2) is 6.45. The summed E-state index contributed by atoms with van der Waals surface area (Å²) in [5.74, 6) is 1.55. The fraction of sp³-hybridized carbons (Fsp3) is 0.167. The average molecular weight is 295 g/mol. The maximum Gasteiger partial charge on any atom is 0.131 e. The van der Waals surface area contributed by atoms with Gasteiger partial charge in [-0.3, -0.25) is 4.98 Å². The van der Waals surface area contributed by atoms with Gasteiger partial charge in [0.2, 0.25) is 0 Å². The Morgan fingerprint density at radius 3 is 2.55 bits per heavy atom. The van der Waals surface area contributed by atoms with E-state index in [9.17, 15) is 5.11 Å². The summed E-state index contributed by atoms with van der Waals surface area (Å²) in [5, 5.41) is 10.3. The third-order valence-electron chi connectivity index (χ3n) is 3.45. The molecule has 0 aliphatic heterocycles. The molecule has 2 aromatic carbocycles. The quantitative estimate of drug-likeness (QED) is 0.784. The normalized spacial score (nSPS) is 10.6. The number of aliphatic hydroxyl groups excluding tert-OH is 1. The number of nitrogens with zero attached hydrogens (tertiary/aromatic N) is 1. The number of aromatic nitrogens is 1. The smallest absolute Gasteiger partial charge is 0.131 e. The van der Waals surface area contributed by atoms with Gasteiger partial charge in [-0.2, -0.15) is 0 Å². The predicted molar refractivity (Wildman–Crippen MR) is 85.0 cm³/mol. The van der Waals surface area contributed by atoms with E-state index >= 15 is 0 Å². The van der Waals surface area contributed by atoms with E-state index in [1.165, 1.54) is 0 Å². The summed E-state index contributed by atoms with van der Waals surface area (Å²) in [6.07, 6.45) is 0. The molecule has 0 amide bonds. The lowest BCUT2D eigenvalue weighted by molar-refractivity contribution is 0.274. The molecule has 112 valence electrons. The fourth-order valence-corrected chi connectivity index (χ4v) is 2.28. The van der Waals surface area contributed by atoms with Crippen LogP contribution in [0.4, 0.5) is 0 Å². The van der Waals surface area contributed by atoms with Crippen LogP contribution in [0.25, 0.3) is 10.9 Å². The van der Waals surface area contributed by atoms with Gasteiger partial charge in [0.05, 0.1) is 24.9 Å². The van der Waals surface area contributed by atoms with E-state index in [1.54, 1.807) is 13.2 Å². The topological polar surface area (TPSA) is 51.6 Å². The van der Waals surface area contributed by atoms with Gasteiger partial charge in [-0.25, -0.2) is 0 Å². The number of aliphatic hydroxyl groups is 1. The Kier molecular flexibility index (Phi) is 4.21. The maximum absolute atomic E-state index is 9.33. The van der Waals surface area contributed by atoms with Crippen molar-refractivity contribution in [2.24, 2.45) is 0 Å². The van der Waals surface area contributed by atoms with E-state index in [0.717, 1.165) is 28.0 Å². The minimum absolute atomic E-state index is 0.107. The molecule has 0 atom stereocenters. The van der Waals surface area contributed by atoms with Gasteiger partial charge in [0.25, 0.3) is 0 Å². The molecule has 4 nitrogen and oxygen atoms in total. The van der Waals surface area contributed by atoms with Crippen LogP contribution in [-0.4, -0.2) is 17.2 Å². The van der Waals surface area contributed by atoms with Crippen LogP contribution in [0.15, 0.2) is 54.6 Å². The van der Waals surface area contributed by atoms with E-state index < -0.39 is 0 Å². The van der Waals surface area contributed by atoms with Gasteiger partial charge in [-0.1, -0.05) is 24.3 Å². The van der Waals surface area contributed by atoms with Crippen molar-refractivity contribution in [3.63, 3.8) is 0 Å². The van der Waals surface area contributed by atoms with Crippen LogP contribution < -0.4 is 9.47 Å². The van der Waals surface area contributed by atoms with Gasteiger partial charge in [-0.15, -0.1) is 0 Å². The Balaban J connectivity index is 1.86. The summed E-state index contributed by atoms with van der Waals surface area (Å²) < 4.78 is 11.1. The largest absolute Gasteiger partial charge is 0.497 e. The van der Waals surface area contributed by atoms with Crippen LogP contribution in [0.1, 0.15) is 11.3 Å². The first-order chi connectivity index (χ1) is 10.8. The molecule has 0 saturated carbocycles. The number of methoxy groups -OCH3 is 1. The molecular weight excluding hydrogens is 278 g/mol. The zero-order chi connectivity index (χ0) is 15.4. The van der Waals surface area contributed by atoms with Crippen LogP contribution in [0.2, 0.25) is 0 Å². The molecule has 0 spiro atoms. The monoisotopic (exact) mass is 295 g/mol. The zero-order valence-corrected chi connectivity index (χ0v) is 12.3. The van der Waals surface area contributed by atoms with Gasteiger partial charge >= 0.3 is 0 Å². The van der Waals surface area contributed by atoms with Gasteiger partial charge in [-0.05, 0) is 29.8 Å². The van der Waals surface area contributed by atoms with Gasteiger partial charge in [0, 0.05) is 11.5 Å². The van der Waals surface area contributed by atoms with Gasteiger partial charge < -0.3 is 14.6 Å². The summed E-state index contributed by atoms with van der Waals surface area (Å²) in [5.41, 5.74) is 2.47. The molecule has 1 heterocycles. The van der Waals surface area contributed by atoms with Crippen LogP contribution >= 0.6 is 0 Å². The highest BCUT2D eigenvalue weighted by atomic mass is 16.5. The lowest BCUT2D eigenvalue weighted by Gasteiger charge is -2.11. The Hall–Kier alpha value is -2.59. The van der Waals surface area contributed by atoms with E-state index in [0.29, 0.717) is 12.3 Å². The lowest BCUT2D eigenvalue weighted by Crippen LogP contribution is -1.99. The van der Waals surface area contributed by atoms with E-state index in [2.05, 4.69) is 4.98 Å². The molecule has 1 aromatic heterocycles. The molecule has 4 heteroatoms. The molecule has 22 heavy (non-hydrogen) atoms. The third kappa shape index (κ3) is 3.02. The molecule has 0 radical (unpaired) electrons. The number of pyridine rings is 1. The number of fused-ring (bicyclic) bond motifs is 1. The van der Waals surface area contributed by atoms with E-state index in [4.69, 9.17) is 9.47 Å². The summed E-state index contributed by atoms with van der Waals surface area (Å²) >= 11 is 0. The van der Waals surface area contributed by atoms with Gasteiger partial charge in [0.1, 0.15) is 18.1 Å². The first-order valence-corrected chi connectivity index (χ1v) is 7.05. The number of rotatable bonds is 5. The van der Waals surface area contributed by atoms with Crippen molar-refractivity contribution in [3.8, 4) is 11.5 Å². The summed E-state index contributed by atoms with van der Waals surface area (Å²) in [6, 6.07) is 17.3. The Bertz CT molecular complexity index is 769. The standard InChI is InChI=1S/C18H17NO3/c1-21-15-8-6-13(7-9-15)12-22-18-10-14(11-20)19-17-5-3-2-4-16(17)18/h2-10,20H,11-12H2,1H3. The molecule has 0 bridgehead atoms. The van der Waals surface area contributed by atoms with Crippen molar-refractivity contribution in [2.45, 2.75) is 13.2 Å². The first kappa shape index (κ1) is 14.4. The van der Waals surface area contributed by atoms with Crippen LogP contribution in [0.3, 0.4) is 0 Å². The van der Waals surface area contributed by atoms with Crippen LogP contribution in [0.5, 0.6) is 11.5 Å². The lowest BCUT2D eigenvalue weighted by atomic mass is 10.2.